The van der Waals surface area contributed by atoms with Gasteiger partial charge in [-0.05, 0) is 44.0 Å². The highest BCUT2D eigenvalue weighted by molar-refractivity contribution is 5.89. The number of aromatic nitrogens is 2. The zero-order chi connectivity index (χ0) is 17.6. The number of H-pyrrole nitrogens is 1. The third-order valence-electron chi connectivity index (χ3n) is 3.82. The Morgan fingerprint density at radius 2 is 2.04 bits per heavy atom. The minimum absolute atomic E-state index is 0.0958. The molecule has 0 bridgehead atoms. The van der Waals surface area contributed by atoms with Crippen molar-refractivity contribution in [1.82, 2.24) is 15.3 Å². The van der Waals surface area contributed by atoms with Crippen molar-refractivity contribution in [1.29, 1.82) is 0 Å². The molecule has 4 N–H and O–H groups in total. The zero-order valence-corrected chi connectivity index (χ0v) is 14.5. The van der Waals surface area contributed by atoms with Gasteiger partial charge in [0.1, 0.15) is 5.82 Å². The van der Waals surface area contributed by atoms with Crippen molar-refractivity contribution in [3.8, 4) is 0 Å². The Hall–Kier alpha value is -3.02. The summed E-state index contributed by atoms with van der Waals surface area (Å²) >= 11 is 0. The summed E-state index contributed by atoms with van der Waals surface area (Å²) in [7, 11) is 0. The summed E-state index contributed by atoms with van der Waals surface area (Å²) in [6.45, 7) is 4.62. The van der Waals surface area contributed by atoms with Crippen molar-refractivity contribution in [2.45, 2.75) is 26.3 Å². The first-order chi connectivity index (χ1) is 12.1. The number of urea groups is 1. The summed E-state index contributed by atoms with van der Waals surface area (Å²) in [5, 5.41) is 10.1. The molecular formula is C19H23N5O. The van der Waals surface area contributed by atoms with Gasteiger partial charge in [0.2, 0.25) is 0 Å². The van der Waals surface area contributed by atoms with E-state index in [1.165, 1.54) is 10.9 Å². The van der Waals surface area contributed by atoms with E-state index in [1.807, 2.05) is 32.0 Å². The van der Waals surface area contributed by atoms with Crippen LogP contribution in [0.4, 0.5) is 16.3 Å². The van der Waals surface area contributed by atoms with Crippen molar-refractivity contribution >= 4 is 28.4 Å². The van der Waals surface area contributed by atoms with Gasteiger partial charge in [-0.3, -0.25) is 0 Å². The van der Waals surface area contributed by atoms with E-state index in [2.05, 4.69) is 50.3 Å². The predicted octanol–water partition coefficient (Wildman–Crippen LogP) is 3.75. The lowest BCUT2D eigenvalue weighted by Gasteiger charge is -2.10. The third-order valence-corrected chi connectivity index (χ3v) is 3.82. The number of nitrogens with one attached hydrogen (secondary N) is 4. The minimum atomic E-state index is -0.225. The smallest absolute Gasteiger partial charge is 0.319 e. The van der Waals surface area contributed by atoms with Crippen LogP contribution in [0.2, 0.25) is 0 Å². The molecule has 2 heterocycles. The maximum Gasteiger partial charge on any atom is 0.319 e. The second-order valence-electron chi connectivity index (χ2n) is 6.22. The molecule has 0 radical (unpaired) electrons. The number of hydrogen-bond donors (Lipinski definition) is 4. The summed E-state index contributed by atoms with van der Waals surface area (Å²) in [5.74, 6) is 0.787. The summed E-state index contributed by atoms with van der Waals surface area (Å²) in [6, 6.07) is 11.9. The largest absolute Gasteiger partial charge is 0.370 e. The highest BCUT2D eigenvalue weighted by Crippen LogP contribution is 2.18. The predicted molar refractivity (Wildman–Crippen MR) is 102 cm³/mol. The first-order valence-corrected chi connectivity index (χ1v) is 8.44. The molecule has 3 aromatic rings. The van der Waals surface area contributed by atoms with E-state index in [0.717, 1.165) is 24.3 Å². The van der Waals surface area contributed by atoms with E-state index in [9.17, 15) is 4.79 Å². The summed E-state index contributed by atoms with van der Waals surface area (Å²) in [4.78, 5) is 19.3. The molecule has 0 saturated carbocycles. The van der Waals surface area contributed by atoms with Crippen LogP contribution in [0.15, 0.2) is 48.8 Å². The molecule has 0 aliphatic heterocycles. The van der Waals surface area contributed by atoms with Crippen LogP contribution in [0, 0.1) is 0 Å². The van der Waals surface area contributed by atoms with Crippen molar-refractivity contribution in [2.24, 2.45) is 0 Å². The fraction of sp³-hybridized carbons (Fsp3) is 0.263. The number of fused-ring (bicyclic) bond motifs is 1. The molecule has 130 valence electrons. The zero-order valence-electron chi connectivity index (χ0n) is 14.5. The number of benzene rings is 1. The number of pyridine rings is 1. The molecule has 0 unspecified atom stereocenters. The quantitative estimate of drug-likeness (QED) is 0.553. The third kappa shape index (κ3) is 4.50. The van der Waals surface area contributed by atoms with Crippen molar-refractivity contribution in [2.75, 3.05) is 17.2 Å². The molecule has 0 saturated heterocycles. The molecule has 2 aromatic heterocycles. The van der Waals surface area contributed by atoms with Crippen LogP contribution in [0.25, 0.3) is 10.9 Å². The van der Waals surface area contributed by atoms with Crippen LogP contribution in [0.5, 0.6) is 0 Å². The van der Waals surface area contributed by atoms with E-state index in [0.29, 0.717) is 5.69 Å². The average Bonchev–Trinajstić information content (AvgIpc) is 2.99. The van der Waals surface area contributed by atoms with Gasteiger partial charge >= 0.3 is 6.03 Å². The number of carbonyl (C=O) groups excluding carboxylic acids is 1. The lowest BCUT2D eigenvalue weighted by atomic mass is 10.1. The topological polar surface area (TPSA) is 81.8 Å². The number of carbonyl (C=O) groups is 1. The normalized spacial score (nSPS) is 10.8. The maximum atomic E-state index is 11.6. The van der Waals surface area contributed by atoms with E-state index in [4.69, 9.17) is 0 Å². The summed E-state index contributed by atoms with van der Waals surface area (Å²) in [6.07, 6.45) is 4.61. The first kappa shape index (κ1) is 16.8. The van der Waals surface area contributed by atoms with Crippen LogP contribution < -0.4 is 16.0 Å². The number of anilines is 2. The van der Waals surface area contributed by atoms with Crippen LogP contribution in [0.1, 0.15) is 19.4 Å². The molecule has 3 rings (SSSR count). The Labute approximate surface area is 147 Å². The molecule has 2 amide bonds. The van der Waals surface area contributed by atoms with Crippen LogP contribution in [-0.4, -0.2) is 28.6 Å². The molecule has 0 aliphatic carbocycles. The second-order valence-corrected chi connectivity index (χ2v) is 6.22. The van der Waals surface area contributed by atoms with Crippen LogP contribution in [0.3, 0.4) is 0 Å². The van der Waals surface area contributed by atoms with Gasteiger partial charge in [0.15, 0.2) is 0 Å². The van der Waals surface area contributed by atoms with Gasteiger partial charge in [0, 0.05) is 29.7 Å². The number of amides is 2. The Morgan fingerprint density at radius 1 is 1.20 bits per heavy atom. The number of nitrogens with zero attached hydrogens (tertiary/aromatic N) is 1. The van der Waals surface area contributed by atoms with E-state index < -0.39 is 0 Å². The average molecular weight is 337 g/mol. The molecule has 1 aromatic carbocycles. The molecule has 6 nitrogen and oxygen atoms in total. The highest BCUT2D eigenvalue weighted by Gasteiger charge is 2.05. The number of para-hydroxylation sites is 1. The molecule has 0 fully saturated rings. The van der Waals surface area contributed by atoms with E-state index in [-0.39, 0.29) is 12.1 Å². The summed E-state index contributed by atoms with van der Waals surface area (Å²) in [5.41, 5.74) is 3.11. The number of aromatic amines is 1. The molecule has 6 heteroatoms. The Bertz CT molecular complexity index is 838. The number of rotatable bonds is 6. The van der Waals surface area contributed by atoms with Gasteiger partial charge < -0.3 is 20.9 Å². The Balaban J connectivity index is 1.51. The van der Waals surface area contributed by atoms with Gasteiger partial charge in [-0.2, -0.15) is 0 Å². The molecule has 0 spiro atoms. The van der Waals surface area contributed by atoms with Crippen molar-refractivity contribution in [3.05, 3.63) is 54.4 Å². The van der Waals surface area contributed by atoms with Gasteiger partial charge in [-0.15, -0.1) is 0 Å². The Morgan fingerprint density at radius 3 is 2.80 bits per heavy atom. The lowest BCUT2D eigenvalue weighted by Crippen LogP contribution is -2.34. The SMILES string of the molecule is CC(C)NC(=O)Nc1ccc(NCCc2c[nH]c3ccccc23)nc1. The monoisotopic (exact) mass is 337 g/mol. The minimum Gasteiger partial charge on any atom is -0.370 e. The highest BCUT2D eigenvalue weighted by atomic mass is 16.2. The fourth-order valence-corrected chi connectivity index (χ4v) is 2.67. The summed E-state index contributed by atoms with van der Waals surface area (Å²) < 4.78 is 0. The van der Waals surface area contributed by atoms with Crippen molar-refractivity contribution in [3.63, 3.8) is 0 Å². The fourth-order valence-electron chi connectivity index (χ4n) is 2.67. The van der Waals surface area contributed by atoms with E-state index >= 15 is 0 Å². The van der Waals surface area contributed by atoms with Gasteiger partial charge in [-0.25, -0.2) is 9.78 Å². The second kappa shape index (κ2) is 7.70. The van der Waals surface area contributed by atoms with Gasteiger partial charge in [0.25, 0.3) is 0 Å². The Kier molecular flexibility index (Phi) is 5.18. The van der Waals surface area contributed by atoms with Gasteiger partial charge in [-0.1, -0.05) is 18.2 Å². The first-order valence-electron chi connectivity index (χ1n) is 8.44. The standard InChI is InChI=1S/C19H23N5O/c1-13(2)23-19(25)24-15-7-8-18(22-12-15)20-10-9-14-11-21-17-6-4-3-5-16(14)17/h3-8,11-13,21H,9-10H2,1-2H3,(H,20,22)(H2,23,24,25). The van der Waals surface area contributed by atoms with Crippen LogP contribution in [-0.2, 0) is 6.42 Å². The van der Waals surface area contributed by atoms with Gasteiger partial charge in [0.05, 0.1) is 11.9 Å². The molecular weight excluding hydrogens is 314 g/mol. The molecule has 0 atom stereocenters. The van der Waals surface area contributed by atoms with Crippen molar-refractivity contribution < 1.29 is 4.79 Å². The maximum absolute atomic E-state index is 11.6. The lowest BCUT2D eigenvalue weighted by molar-refractivity contribution is 0.250. The number of hydrogen-bond acceptors (Lipinski definition) is 3. The molecule has 0 aliphatic rings. The van der Waals surface area contributed by atoms with Crippen LogP contribution >= 0.6 is 0 Å². The van der Waals surface area contributed by atoms with E-state index in [1.54, 1.807) is 6.20 Å². The molecule has 25 heavy (non-hydrogen) atoms.